The van der Waals surface area contributed by atoms with Gasteiger partial charge in [0.25, 0.3) is 0 Å². The molecule has 2 saturated heterocycles. The highest BCUT2D eigenvalue weighted by Crippen LogP contribution is 2.31. The molecular weight excluding hydrogens is 296 g/mol. The highest BCUT2D eigenvalue weighted by Gasteiger charge is 2.51. The summed E-state index contributed by atoms with van der Waals surface area (Å²) in [5, 5.41) is 0. The summed E-state index contributed by atoms with van der Waals surface area (Å²) in [6, 6.07) is 0. The van der Waals surface area contributed by atoms with E-state index < -0.39 is 45.2 Å². The van der Waals surface area contributed by atoms with Gasteiger partial charge >= 0.3 is 20.8 Å². The van der Waals surface area contributed by atoms with E-state index in [0.717, 1.165) is 0 Å². The van der Waals surface area contributed by atoms with E-state index in [1.807, 2.05) is 0 Å². The van der Waals surface area contributed by atoms with Gasteiger partial charge in [-0.3, -0.25) is 9.11 Å². The van der Waals surface area contributed by atoms with Crippen molar-refractivity contribution in [3.63, 3.8) is 0 Å². The largest absolute Gasteiger partial charge is 0.397 e. The van der Waals surface area contributed by atoms with Crippen LogP contribution in [0, 0.1) is 0 Å². The van der Waals surface area contributed by atoms with Crippen LogP contribution < -0.4 is 0 Å². The van der Waals surface area contributed by atoms with Gasteiger partial charge in [0.15, 0.2) is 0 Å². The highest BCUT2D eigenvalue weighted by molar-refractivity contribution is 7.81. The zero-order chi connectivity index (χ0) is 13.6. The molecule has 2 N–H and O–H groups in total. The Balaban J connectivity index is 2.03. The van der Waals surface area contributed by atoms with E-state index in [2.05, 4.69) is 8.37 Å². The second-order valence-corrected chi connectivity index (χ2v) is 5.82. The van der Waals surface area contributed by atoms with Gasteiger partial charge in [-0.1, -0.05) is 0 Å². The first-order chi connectivity index (χ1) is 8.16. The zero-order valence-electron chi connectivity index (χ0n) is 8.70. The lowest BCUT2D eigenvalue weighted by Gasteiger charge is -2.14. The molecular formula is C6H10O10S2. The summed E-state index contributed by atoms with van der Waals surface area (Å²) in [4.78, 5) is 0. The third-order valence-electron chi connectivity index (χ3n) is 2.45. The number of hydrogen-bond donors (Lipinski definition) is 2. The average molecular weight is 306 g/mol. The van der Waals surface area contributed by atoms with Crippen molar-refractivity contribution in [3.8, 4) is 0 Å². The Bertz CT molecular complexity index is 460. The minimum absolute atomic E-state index is 0.222. The van der Waals surface area contributed by atoms with E-state index >= 15 is 0 Å². The van der Waals surface area contributed by atoms with Crippen LogP contribution in [0.2, 0.25) is 0 Å². The van der Waals surface area contributed by atoms with Gasteiger partial charge in [-0.2, -0.15) is 16.8 Å². The first-order valence-electron chi connectivity index (χ1n) is 4.70. The SMILES string of the molecule is O=S(=O)(O)O[C@H]1CO[C@H]2[C@@H]1OC[C@H]2OS(=O)(=O)O. The maximum Gasteiger partial charge on any atom is 0.397 e. The molecule has 0 radical (unpaired) electrons. The van der Waals surface area contributed by atoms with Crippen molar-refractivity contribution in [2.45, 2.75) is 24.4 Å². The van der Waals surface area contributed by atoms with Crippen LogP contribution in [-0.4, -0.2) is 63.6 Å². The second-order valence-electron chi connectivity index (χ2n) is 3.72. The van der Waals surface area contributed by atoms with E-state index in [1.54, 1.807) is 0 Å². The fraction of sp³-hybridized carbons (Fsp3) is 1.00. The van der Waals surface area contributed by atoms with Gasteiger partial charge in [0.2, 0.25) is 0 Å². The van der Waals surface area contributed by atoms with Crippen molar-refractivity contribution >= 4 is 20.8 Å². The maximum absolute atomic E-state index is 10.5. The van der Waals surface area contributed by atoms with Crippen LogP contribution >= 0.6 is 0 Å². The third kappa shape index (κ3) is 3.36. The van der Waals surface area contributed by atoms with E-state index in [4.69, 9.17) is 18.6 Å². The van der Waals surface area contributed by atoms with Crippen molar-refractivity contribution < 1.29 is 43.8 Å². The summed E-state index contributed by atoms with van der Waals surface area (Å²) in [5.41, 5.74) is 0. The number of fused-ring (bicyclic) bond motifs is 1. The summed E-state index contributed by atoms with van der Waals surface area (Å²) in [6.45, 7) is -0.444. The molecule has 0 unspecified atom stereocenters. The highest BCUT2D eigenvalue weighted by atomic mass is 32.3. The third-order valence-corrected chi connectivity index (χ3v) is 3.43. The van der Waals surface area contributed by atoms with Gasteiger partial charge in [0.05, 0.1) is 13.2 Å². The van der Waals surface area contributed by atoms with Crippen molar-refractivity contribution in [2.75, 3.05) is 13.2 Å². The van der Waals surface area contributed by atoms with Crippen molar-refractivity contribution in [3.05, 3.63) is 0 Å². The summed E-state index contributed by atoms with van der Waals surface area (Å²) in [7, 11) is -9.33. The summed E-state index contributed by atoms with van der Waals surface area (Å²) in [6.07, 6.45) is -4.00. The zero-order valence-corrected chi connectivity index (χ0v) is 10.3. The molecule has 2 rings (SSSR count). The lowest BCUT2D eigenvalue weighted by atomic mass is 10.1. The molecule has 0 aromatic heterocycles. The molecule has 0 aliphatic carbocycles. The van der Waals surface area contributed by atoms with Crippen LogP contribution in [-0.2, 0) is 38.6 Å². The van der Waals surface area contributed by atoms with Gasteiger partial charge in [-0.05, 0) is 0 Å². The van der Waals surface area contributed by atoms with Crippen LogP contribution in [0.15, 0.2) is 0 Å². The van der Waals surface area contributed by atoms with Gasteiger partial charge in [0.1, 0.15) is 24.4 Å². The van der Waals surface area contributed by atoms with E-state index in [0.29, 0.717) is 0 Å². The molecule has 0 saturated carbocycles. The number of ether oxygens (including phenoxy) is 2. The van der Waals surface area contributed by atoms with Crippen molar-refractivity contribution in [2.24, 2.45) is 0 Å². The van der Waals surface area contributed by atoms with E-state index in [-0.39, 0.29) is 13.2 Å². The lowest BCUT2D eigenvalue weighted by molar-refractivity contribution is 0.0156. The molecule has 0 bridgehead atoms. The van der Waals surface area contributed by atoms with Crippen LogP contribution in [0.1, 0.15) is 0 Å². The molecule has 106 valence electrons. The molecule has 0 aromatic carbocycles. The fourth-order valence-electron chi connectivity index (χ4n) is 1.91. The molecule has 2 heterocycles. The van der Waals surface area contributed by atoms with Gasteiger partial charge in [-0.25, -0.2) is 8.37 Å². The molecule has 2 aliphatic rings. The Kier molecular flexibility index (Phi) is 3.63. The monoisotopic (exact) mass is 306 g/mol. The molecule has 12 heteroatoms. The number of rotatable bonds is 4. The molecule has 10 nitrogen and oxygen atoms in total. The summed E-state index contributed by atoms with van der Waals surface area (Å²) in [5.74, 6) is 0. The van der Waals surface area contributed by atoms with Gasteiger partial charge < -0.3 is 9.47 Å². The van der Waals surface area contributed by atoms with E-state index in [9.17, 15) is 16.8 Å². The van der Waals surface area contributed by atoms with Gasteiger partial charge in [0, 0.05) is 0 Å². The molecule has 4 atom stereocenters. The normalized spacial score (nSPS) is 36.8. The average Bonchev–Trinajstić information content (AvgIpc) is 2.66. The fourth-order valence-corrected chi connectivity index (χ4v) is 2.86. The first kappa shape index (κ1) is 14.1. The van der Waals surface area contributed by atoms with E-state index in [1.165, 1.54) is 0 Å². The molecule has 2 fully saturated rings. The molecule has 18 heavy (non-hydrogen) atoms. The van der Waals surface area contributed by atoms with Crippen molar-refractivity contribution in [1.29, 1.82) is 0 Å². The van der Waals surface area contributed by atoms with Crippen LogP contribution in [0.5, 0.6) is 0 Å². The minimum atomic E-state index is -4.67. The second kappa shape index (κ2) is 4.64. The Hall–Kier alpha value is -0.340. The van der Waals surface area contributed by atoms with Gasteiger partial charge in [-0.15, -0.1) is 0 Å². The maximum atomic E-state index is 10.5. The minimum Gasteiger partial charge on any atom is -0.370 e. The molecule has 0 aromatic rings. The summed E-state index contributed by atoms with van der Waals surface area (Å²) < 4.78 is 77.9. The van der Waals surface area contributed by atoms with Crippen molar-refractivity contribution in [1.82, 2.24) is 0 Å². The standard InChI is InChI=1S/C6H10O10S2/c7-17(8,9)15-3-1-13-6-4(2-14-5(3)6)16-18(10,11)12/h3-6H,1-2H2,(H,7,8,9)(H,10,11,12)/t3-,4+,5-,6-/m1/s1. The Morgan fingerprint density at radius 2 is 1.17 bits per heavy atom. The summed E-state index contributed by atoms with van der Waals surface area (Å²) >= 11 is 0. The van der Waals surface area contributed by atoms with Crippen LogP contribution in [0.25, 0.3) is 0 Å². The number of hydrogen-bond acceptors (Lipinski definition) is 8. The predicted molar refractivity (Wildman–Crippen MR) is 52.3 cm³/mol. The predicted octanol–water partition coefficient (Wildman–Crippen LogP) is -1.84. The Morgan fingerprint density at radius 3 is 1.44 bits per heavy atom. The Morgan fingerprint density at radius 1 is 0.833 bits per heavy atom. The topological polar surface area (TPSA) is 146 Å². The molecule has 2 aliphatic heterocycles. The van der Waals surface area contributed by atoms with Crippen LogP contribution in [0.4, 0.5) is 0 Å². The smallest absolute Gasteiger partial charge is 0.370 e. The quantitative estimate of drug-likeness (QED) is 0.568. The lowest BCUT2D eigenvalue weighted by Crippen LogP contribution is -2.35. The molecule has 0 amide bonds. The van der Waals surface area contributed by atoms with Crippen LogP contribution in [0.3, 0.4) is 0 Å². The first-order valence-corrected chi connectivity index (χ1v) is 7.43. The molecule has 0 spiro atoms. The Labute approximate surface area is 103 Å².